The molecule has 0 N–H and O–H groups in total. The van der Waals surface area contributed by atoms with Gasteiger partial charge in [0.05, 0.1) is 0 Å². The van der Waals surface area contributed by atoms with Gasteiger partial charge in [0.25, 0.3) is 0 Å². The number of hydrogen-bond acceptors (Lipinski definition) is 3. The van der Waals surface area contributed by atoms with Gasteiger partial charge < -0.3 is 14.2 Å². The van der Waals surface area contributed by atoms with Gasteiger partial charge in [-0.25, -0.2) is 0 Å². The fraction of sp³-hybridized carbons (Fsp3) is 0.0870. The average molecular weight is 742 g/mol. The van der Waals surface area contributed by atoms with Gasteiger partial charge in [0.2, 0.25) is 15.2 Å². The van der Waals surface area contributed by atoms with E-state index in [-0.39, 0.29) is 0 Å². The summed E-state index contributed by atoms with van der Waals surface area (Å²) in [6, 6.07) is 61.7. The molecule has 0 aliphatic heterocycles. The van der Waals surface area contributed by atoms with Crippen LogP contribution >= 0.6 is 34.8 Å². The monoisotopic (exact) mass is 740 g/mol. The zero-order valence-electron chi connectivity index (χ0n) is 28.3. The molecule has 0 spiro atoms. The van der Waals surface area contributed by atoms with E-state index in [1.807, 2.05) is 195 Å². The highest BCUT2D eigenvalue weighted by Crippen LogP contribution is 2.50. The minimum atomic E-state index is -1.48. The number of ether oxygens (including phenoxy) is 3. The SMILES string of the molecule is Cc1cc(OC(Cl)(c2ccccc2)c2ccccc2)cc(OC(Cl)(c2ccccc2)c2ccccc2)c1OC(Cl)(c1ccccc1)c1ccccc1. The van der Waals surface area contributed by atoms with Gasteiger partial charge in [0, 0.05) is 39.4 Å². The lowest BCUT2D eigenvalue weighted by molar-refractivity contribution is 0.156. The summed E-state index contributed by atoms with van der Waals surface area (Å²) in [6.45, 7) is 1.92. The van der Waals surface area contributed by atoms with Gasteiger partial charge in [0.15, 0.2) is 11.5 Å². The second kappa shape index (κ2) is 15.2. The van der Waals surface area contributed by atoms with Crippen LogP contribution in [-0.4, -0.2) is 0 Å². The number of rotatable bonds is 12. The Balaban J connectivity index is 1.42. The molecule has 7 aromatic carbocycles. The van der Waals surface area contributed by atoms with E-state index in [1.165, 1.54) is 0 Å². The van der Waals surface area contributed by atoms with Crippen LogP contribution in [0.1, 0.15) is 38.9 Å². The molecular formula is C46H35Cl3O3. The minimum Gasteiger partial charge on any atom is -0.463 e. The van der Waals surface area contributed by atoms with Crippen molar-refractivity contribution in [3.05, 3.63) is 233 Å². The smallest absolute Gasteiger partial charge is 0.234 e. The van der Waals surface area contributed by atoms with Crippen molar-refractivity contribution >= 4 is 34.8 Å². The third kappa shape index (κ3) is 7.13. The summed E-state index contributed by atoms with van der Waals surface area (Å²) in [5, 5.41) is -4.29. The van der Waals surface area contributed by atoms with Crippen molar-refractivity contribution in [3.8, 4) is 17.2 Å². The lowest BCUT2D eigenvalue weighted by Crippen LogP contribution is -2.31. The maximum Gasteiger partial charge on any atom is 0.234 e. The van der Waals surface area contributed by atoms with Crippen molar-refractivity contribution in [2.75, 3.05) is 0 Å². The topological polar surface area (TPSA) is 27.7 Å². The number of alkyl halides is 3. The van der Waals surface area contributed by atoms with Gasteiger partial charge in [-0.15, -0.1) is 0 Å². The van der Waals surface area contributed by atoms with Crippen LogP contribution in [0.25, 0.3) is 0 Å². The van der Waals surface area contributed by atoms with Crippen molar-refractivity contribution in [2.24, 2.45) is 0 Å². The Morgan fingerprint density at radius 3 is 0.923 bits per heavy atom. The van der Waals surface area contributed by atoms with E-state index in [1.54, 1.807) is 6.07 Å². The number of aryl methyl sites for hydroxylation is 1. The maximum absolute atomic E-state index is 7.65. The van der Waals surface area contributed by atoms with Crippen LogP contribution in [0.4, 0.5) is 0 Å². The molecule has 0 aliphatic rings. The van der Waals surface area contributed by atoms with Crippen molar-refractivity contribution in [2.45, 2.75) is 22.1 Å². The van der Waals surface area contributed by atoms with Gasteiger partial charge in [-0.2, -0.15) is 0 Å². The van der Waals surface area contributed by atoms with Gasteiger partial charge in [0.1, 0.15) is 5.75 Å². The van der Waals surface area contributed by atoms with E-state index in [0.717, 1.165) is 33.4 Å². The third-order valence-electron chi connectivity index (χ3n) is 8.84. The molecule has 7 aromatic rings. The molecule has 258 valence electrons. The summed E-state index contributed by atoms with van der Waals surface area (Å²) in [5.74, 6) is 1.11. The molecule has 0 saturated carbocycles. The molecule has 6 heteroatoms. The fourth-order valence-electron chi connectivity index (χ4n) is 6.20. The van der Waals surface area contributed by atoms with Crippen LogP contribution in [0.3, 0.4) is 0 Å². The van der Waals surface area contributed by atoms with E-state index in [4.69, 9.17) is 49.0 Å². The first-order chi connectivity index (χ1) is 25.3. The first-order valence-electron chi connectivity index (χ1n) is 16.9. The lowest BCUT2D eigenvalue weighted by Gasteiger charge is -2.35. The van der Waals surface area contributed by atoms with E-state index in [2.05, 4.69) is 0 Å². The highest BCUT2D eigenvalue weighted by molar-refractivity contribution is 6.26. The molecule has 0 heterocycles. The predicted octanol–water partition coefficient (Wildman–Crippen LogP) is 12.6. The van der Waals surface area contributed by atoms with Gasteiger partial charge >= 0.3 is 0 Å². The molecule has 0 fully saturated rings. The number of benzene rings is 7. The molecule has 0 aromatic heterocycles. The average Bonchev–Trinajstić information content (AvgIpc) is 3.21. The zero-order chi connectivity index (χ0) is 36.0. The van der Waals surface area contributed by atoms with E-state index < -0.39 is 15.2 Å². The zero-order valence-corrected chi connectivity index (χ0v) is 30.6. The van der Waals surface area contributed by atoms with E-state index >= 15 is 0 Å². The molecule has 0 atom stereocenters. The van der Waals surface area contributed by atoms with E-state index in [9.17, 15) is 0 Å². The number of halogens is 3. The largest absolute Gasteiger partial charge is 0.463 e. The molecule has 0 radical (unpaired) electrons. The Kier molecular flexibility index (Phi) is 10.3. The van der Waals surface area contributed by atoms with Gasteiger partial charge in [-0.1, -0.05) is 217 Å². The van der Waals surface area contributed by atoms with Gasteiger partial charge in [-0.3, -0.25) is 0 Å². The van der Waals surface area contributed by atoms with Crippen LogP contribution < -0.4 is 14.2 Å². The highest BCUT2D eigenvalue weighted by Gasteiger charge is 2.40. The Labute approximate surface area is 319 Å². The van der Waals surface area contributed by atoms with Crippen LogP contribution in [0.15, 0.2) is 194 Å². The summed E-state index contributed by atoms with van der Waals surface area (Å²) in [7, 11) is 0. The van der Waals surface area contributed by atoms with Crippen molar-refractivity contribution in [1.82, 2.24) is 0 Å². The van der Waals surface area contributed by atoms with Crippen LogP contribution in [0.2, 0.25) is 0 Å². The van der Waals surface area contributed by atoms with Crippen molar-refractivity contribution < 1.29 is 14.2 Å². The lowest BCUT2D eigenvalue weighted by atomic mass is 9.99. The van der Waals surface area contributed by atoms with Crippen molar-refractivity contribution in [1.29, 1.82) is 0 Å². The molecule has 3 nitrogen and oxygen atoms in total. The second-order valence-electron chi connectivity index (χ2n) is 12.4. The standard InChI is InChI=1S/C46H35Cl3O3/c1-34-32-41(50-44(47,35-20-8-2-9-21-35)36-22-10-3-11-23-36)33-42(51-45(48,37-24-12-4-13-25-37)38-26-14-5-15-27-38)43(34)52-46(49,39-28-16-6-17-29-39)40-30-18-7-19-31-40/h2-33H,1H3. The highest BCUT2D eigenvalue weighted by atomic mass is 35.5. The molecule has 7 rings (SSSR count). The van der Waals surface area contributed by atoms with Crippen LogP contribution in [0, 0.1) is 6.92 Å². The minimum absolute atomic E-state index is 0.301. The summed E-state index contributed by atoms with van der Waals surface area (Å²) in [4.78, 5) is 0. The van der Waals surface area contributed by atoms with E-state index in [0.29, 0.717) is 22.8 Å². The Hall–Kier alpha value is -5.19. The Morgan fingerprint density at radius 2 is 0.615 bits per heavy atom. The summed E-state index contributed by atoms with van der Waals surface area (Å²) in [5.41, 5.74) is 5.13. The third-order valence-corrected chi connectivity index (χ3v) is 10.4. The second-order valence-corrected chi connectivity index (χ2v) is 14.0. The maximum atomic E-state index is 7.65. The summed E-state index contributed by atoms with van der Waals surface area (Å²) in [6.07, 6.45) is 0. The van der Waals surface area contributed by atoms with Crippen LogP contribution in [-0.2, 0) is 15.2 Å². The van der Waals surface area contributed by atoms with Crippen molar-refractivity contribution in [3.63, 3.8) is 0 Å². The summed E-state index contributed by atoms with van der Waals surface area (Å²) < 4.78 is 20.9. The quantitative estimate of drug-likeness (QED) is 0.117. The fourth-order valence-corrected chi connectivity index (χ4v) is 7.20. The molecular weight excluding hydrogens is 707 g/mol. The molecule has 0 saturated heterocycles. The Morgan fingerprint density at radius 1 is 0.346 bits per heavy atom. The molecule has 0 unspecified atom stereocenters. The predicted molar refractivity (Wildman–Crippen MR) is 212 cm³/mol. The first-order valence-corrected chi connectivity index (χ1v) is 18.0. The van der Waals surface area contributed by atoms with Gasteiger partial charge in [-0.05, 0) is 18.6 Å². The Bertz CT molecular complexity index is 2080. The molecule has 0 bridgehead atoms. The molecule has 0 amide bonds. The first kappa shape index (κ1) is 35.2. The molecule has 52 heavy (non-hydrogen) atoms. The molecule has 0 aliphatic carbocycles. The number of hydrogen-bond donors (Lipinski definition) is 0. The van der Waals surface area contributed by atoms with Crippen LogP contribution in [0.5, 0.6) is 17.2 Å². The normalized spacial score (nSPS) is 11.8. The summed E-state index contributed by atoms with van der Waals surface area (Å²) >= 11 is 22.8.